The molecule has 1 aliphatic rings. The number of allylic oxidation sites excluding steroid dienone is 1. The Kier molecular flexibility index (Phi) is 3.77. The number of nitrogens with two attached hydrogens (primary N) is 1. The summed E-state index contributed by atoms with van der Waals surface area (Å²) in [5, 5.41) is 0. The topological polar surface area (TPSA) is 26.0 Å². The minimum Gasteiger partial charge on any atom is -0.324 e. The second kappa shape index (κ2) is 4.48. The van der Waals surface area contributed by atoms with Gasteiger partial charge < -0.3 is 5.73 Å². The molecule has 2 unspecified atom stereocenters. The third kappa shape index (κ3) is 3.13. The van der Waals surface area contributed by atoms with Crippen molar-refractivity contribution in [3.05, 3.63) is 11.6 Å². The van der Waals surface area contributed by atoms with Gasteiger partial charge in [0.1, 0.15) is 0 Å². The molecule has 0 bridgehead atoms. The molecule has 0 amide bonds. The lowest BCUT2D eigenvalue weighted by Crippen LogP contribution is -2.29. The van der Waals surface area contributed by atoms with E-state index in [0.29, 0.717) is 17.4 Å². The zero-order valence-electron chi connectivity index (χ0n) is 10.1. The monoisotopic (exact) mass is 195 g/mol. The predicted octanol–water partition coefficient (Wildman–Crippen LogP) is 3.50. The highest BCUT2D eigenvalue weighted by Gasteiger charge is 2.24. The molecule has 0 heterocycles. The Bertz CT molecular complexity index is 210. The summed E-state index contributed by atoms with van der Waals surface area (Å²) >= 11 is 0. The molecule has 1 nitrogen and oxygen atoms in total. The van der Waals surface area contributed by atoms with E-state index in [0.717, 1.165) is 6.42 Å². The Labute approximate surface area is 88.8 Å². The number of hydrogen-bond acceptors (Lipinski definition) is 1. The molecule has 2 atom stereocenters. The second-order valence-corrected chi connectivity index (χ2v) is 5.78. The van der Waals surface area contributed by atoms with Gasteiger partial charge in [0.25, 0.3) is 0 Å². The summed E-state index contributed by atoms with van der Waals surface area (Å²) in [6.45, 7) is 9.21. The Balaban J connectivity index is 2.44. The van der Waals surface area contributed by atoms with Crippen LogP contribution in [0.5, 0.6) is 0 Å². The zero-order chi connectivity index (χ0) is 10.8. The lowest BCUT2D eigenvalue weighted by Gasteiger charge is -2.30. The normalized spacial score (nSPS) is 21.9. The van der Waals surface area contributed by atoms with Crippen molar-refractivity contribution in [3.8, 4) is 0 Å². The van der Waals surface area contributed by atoms with Crippen molar-refractivity contribution in [3.63, 3.8) is 0 Å². The highest BCUT2D eigenvalue weighted by molar-refractivity contribution is 5.14. The largest absolute Gasteiger partial charge is 0.324 e. The first-order chi connectivity index (χ1) is 6.41. The van der Waals surface area contributed by atoms with Crippen LogP contribution >= 0.6 is 0 Å². The van der Waals surface area contributed by atoms with E-state index in [9.17, 15) is 0 Å². The van der Waals surface area contributed by atoms with Gasteiger partial charge in [0.15, 0.2) is 0 Å². The minimum atomic E-state index is 0.312. The van der Waals surface area contributed by atoms with Gasteiger partial charge in [0, 0.05) is 6.04 Å². The van der Waals surface area contributed by atoms with Crippen molar-refractivity contribution in [2.45, 2.75) is 59.4 Å². The van der Waals surface area contributed by atoms with Crippen molar-refractivity contribution in [1.29, 1.82) is 0 Å². The van der Waals surface area contributed by atoms with Gasteiger partial charge in [-0.15, -0.1) is 0 Å². The van der Waals surface area contributed by atoms with Gasteiger partial charge >= 0.3 is 0 Å². The maximum absolute atomic E-state index is 6.21. The lowest BCUT2D eigenvalue weighted by atomic mass is 9.77. The summed E-state index contributed by atoms with van der Waals surface area (Å²) in [6, 6.07) is 0.312. The second-order valence-electron chi connectivity index (χ2n) is 5.78. The van der Waals surface area contributed by atoms with Gasteiger partial charge in [0.05, 0.1) is 0 Å². The van der Waals surface area contributed by atoms with E-state index in [1.807, 2.05) is 0 Å². The van der Waals surface area contributed by atoms with Crippen LogP contribution in [0.2, 0.25) is 0 Å². The Hall–Kier alpha value is -0.300. The minimum absolute atomic E-state index is 0.312. The lowest BCUT2D eigenvalue weighted by molar-refractivity contribution is 0.238. The van der Waals surface area contributed by atoms with Crippen LogP contribution in [0.25, 0.3) is 0 Å². The van der Waals surface area contributed by atoms with E-state index in [-0.39, 0.29) is 0 Å². The third-order valence-electron chi connectivity index (χ3n) is 3.64. The molecule has 0 saturated heterocycles. The van der Waals surface area contributed by atoms with Gasteiger partial charge in [-0.2, -0.15) is 0 Å². The molecule has 0 spiro atoms. The van der Waals surface area contributed by atoms with Crippen LogP contribution in [0.15, 0.2) is 11.6 Å². The molecule has 0 aromatic carbocycles. The molecular weight excluding hydrogens is 170 g/mol. The molecule has 2 N–H and O–H groups in total. The molecule has 1 aliphatic carbocycles. The summed E-state index contributed by atoms with van der Waals surface area (Å²) in [4.78, 5) is 0. The van der Waals surface area contributed by atoms with E-state index in [1.165, 1.54) is 24.8 Å². The molecule has 0 aromatic heterocycles. The molecular formula is C13H25N. The Morgan fingerprint density at radius 2 is 2.07 bits per heavy atom. The van der Waals surface area contributed by atoms with Crippen LogP contribution in [0, 0.1) is 11.3 Å². The zero-order valence-corrected chi connectivity index (χ0v) is 10.1. The van der Waals surface area contributed by atoms with Crippen LogP contribution in [0.1, 0.15) is 53.4 Å². The van der Waals surface area contributed by atoms with Crippen molar-refractivity contribution in [1.82, 2.24) is 0 Å². The standard InChI is InChI=1S/C13H25N/c1-10(13(2,3)4)9-12(14)11-7-5-6-8-11/h7,10,12H,5-6,8-9,14H2,1-4H3. The average molecular weight is 195 g/mol. The Morgan fingerprint density at radius 1 is 1.43 bits per heavy atom. The van der Waals surface area contributed by atoms with Crippen LogP contribution in [-0.2, 0) is 0 Å². The van der Waals surface area contributed by atoms with Gasteiger partial charge in [-0.05, 0) is 37.0 Å². The summed E-state index contributed by atoms with van der Waals surface area (Å²) in [7, 11) is 0. The van der Waals surface area contributed by atoms with Crippen molar-refractivity contribution >= 4 is 0 Å². The molecule has 0 saturated carbocycles. The number of hydrogen-bond donors (Lipinski definition) is 1. The molecule has 14 heavy (non-hydrogen) atoms. The fourth-order valence-corrected chi connectivity index (χ4v) is 1.92. The summed E-state index contributed by atoms with van der Waals surface area (Å²) in [5.74, 6) is 0.694. The van der Waals surface area contributed by atoms with Crippen molar-refractivity contribution in [2.75, 3.05) is 0 Å². The average Bonchev–Trinajstić information content (AvgIpc) is 2.53. The van der Waals surface area contributed by atoms with Crippen LogP contribution < -0.4 is 5.73 Å². The highest BCUT2D eigenvalue weighted by Crippen LogP contribution is 2.31. The van der Waals surface area contributed by atoms with E-state index >= 15 is 0 Å². The fraction of sp³-hybridized carbons (Fsp3) is 0.846. The maximum Gasteiger partial charge on any atom is 0.0256 e. The molecule has 82 valence electrons. The van der Waals surface area contributed by atoms with E-state index < -0.39 is 0 Å². The van der Waals surface area contributed by atoms with Crippen LogP contribution in [0.4, 0.5) is 0 Å². The molecule has 1 rings (SSSR count). The fourth-order valence-electron chi connectivity index (χ4n) is 1.92. The maximum atomic E-state index is 6.21. The van der Waals surface area contributed by atoms with Gasteiger partial charge in [-0.3, -0.25) is 0 Å². The Morgan fingerprint density at radius 3 is 2.50 bits per heavy atom. The van der Waals surface area contributed by atoms with E-state index in [2.05, 4.69) is 33.8 Å². The van der Waals surface area contributed by atoms with E-state index in [4.69, 9.17) is 5.73 Å². The predicted molar refractivity (Wildman–Crippen MR) is 63.1 cm³/mol. The first-order valence-corrected chi connectivity index (χ1v) is 5.86. The van der Waals surface area contributed by atoms with Gasteiger partial charge in [-0.25, -0.2) is 0 Å². The highest BCUT2D eigenvalue weighted by atomic mass is 14.6. The van der Waals surface area contributed by atoms with Crippen molar-refractivity contribution < 1.29 is 0 Å². The van der Waals surface area contributed by atoms with E-state index in [1.54, 1.807) is 0 Å². The first-order valence-electron chi connectivity index (χ1n) is 5.86. The summed E-state index contributed by atoms with van der Waals surface area (Å²) < 4.78 is 0. The molecule has 0 fully saturated rings. The van der Waals surface area contributed by atoms with Crippen LogP contribution in [0.3, 0.4) is 0 Å². The summed E-state index contributed by atoms with van der Waals surface area (Å²) in [5.41, 5.74) is 8.10. The SMILES string of the molecule is CC(CC(N)C1=CCCC1)C(C)(C)C. The van der Waals surface area contributed by atoms with Crippen molar-refractivity contribution in [2.24, 2.45) is 17.1 Å². The first kappa shape index (κ1) is 11.8. The summed E-state index contributed by atoms with van der Waals surface area (Å²) in [6.07, 6.45) is 7.27. The molecule has 0 aromatic rings. The molecule has 1 heteroatoms. The third-order valence-corrected chi connectivity index (χ3v) is 3.64. The van der Waals surface area contributed by atoms with Gasteiger partial charge in [-0.1, -0.05) is 39.3 Å². The number of rotatable bonds is 3. The molecule has 0 radical (unpaired) electrons. The van der Waals surface area contributed by atoms with Gasteiger partial charge in [0.2, 0.25) is 0 Å². The smallest absolute Gasteiger partial charge is 0.0256 e. The molecule has 0 aliphatic heterocycles. The van der Waals surface area contributed by atoms with Crippen LogP contribution in [-0.4, -0.2) is 6.04 Å². The quantitative estimate of drug-likeness (QED) is 0.685.